The van der Waals surface area contributed by atoms with Gasteiger partial charge in [0, 0.05) is 24.2 Å². The van der Waals surface area contributed by atoms with Crippen molar-refractivity contribution >= 4 is 11.3 Å². The first-order valence-electron chi connectivity index (χ1n) is 4.83. The quantitative estimate of drug-likeness (QED) is 0.811. The van der Waals surface area contributed by atoms with Gasteiger partial charge >= 0.3 is 0 Å². The van der Waals surface area contributed by atoms with Crippen LogP contribution < -0.4 is 0 Å². The first-order valence-corrected chi connectivity index (χ1v) is 5.71. The van der Waals surface area contributed by atoms with Crippen LogP contribution in [0.2, 0.25) is 0 Å². The maximum absolute atomic E-state index is 9.69. The largest absolute Gasteiger partial charge is 0.389 e. The summed E-state index contributed by atoms with van der Waals surface area (Å²) in [6.07, 6.45) is 1.89. The van der Waals surface area contributed by atoms with Crippen LogP contribution >= 0.6 is 11.3 Å². The number of hydrogen-bond donors (Lipinski definition) is 1. The van der Waals surface area contributed by atoms with Gasteiger partial charge in [-0.1, -0.05) is 6.92 Å². The summed E-state index contributed by atoms with van der Waals surface area (Å²) >= 11 is 1.66. The predicted molar refractivity (Wildman–Crippen MR) is 59.4 cm³/mol. The molecule has 0 saturated heterocycles. The lowest BCUT2D eigenvalue weighted by molar-refractivity contribution is 0.0356. The molecule has 14 heavy (non-hydrogen) atoms. The van der Waals surface area contributed by atoms with Crippen molar-refractivity contribution in [2.45, 2.75) is 32.9 Å². The van der Waals surface area contributed by atoms with Crippen LogP contribution in [0.15, 0.2) is 11.7 Å². The SMILES string of the molecule is CCN(Cc1cncs1)CC(C)(C)O. The van der Waals surface area contributed by atoms with E-state index in [2.05, 4.69) is 16.8 Å². The molecular weight excluding hydrogens is 196 g/mol. The molecule has 0 fully saturated rings. The molecule has 0 aliphatic heterocycles. The van der Waals surface area contributed by atoms with Crippen molar-refractivity contribution in [1.82, 2.24) is 9.88 Å². The van der Waals surface area contributed by atoms with Crippen LogP contribution in [0.25, 0.3) is 0 Å². The van der Waals surface area contributed by atoms with E-state index in [0.29, 0.717) is 6.54 Å². The zero-order valence-corrected chi connectivity index (χ0v) is 9.84. The van der Waals surface area contributed by atoms with Crippen LogP contribution in [0.1, 0.15) is 25.6 Å². The van der Waals surface area contributed by atoms with Crippen molar-refractivity contribution in [1.29, 1.82) is 0 Å². The Kier molecular flexibility index (Phi) is 4.04. The zero-order valence-electron chi connectivity index (χ0n) is 9.03. The molecule has 1 N–H and O–H groups in total. The monoisotopic (exact) mass is 214 g/mol. The third-order valence-corrected chi connectivity index (χ3v) is 2.69. The van der Waals surface area contributed by atoms with Crippen molar-refractivity contribution in [3.05, 3.63) is 16.6 Å². The average Bonchev–Trinajstić information content (AvgIpc) is 2.53. The Morgan fingerprint density at radius 2 is 2.29 bits per heavy atom. The molecule has 1 aromatic heterocycles. The Bertz CT molecular complexity index is 254. The number of aromatic nitrogens is 1. The maximum atomic E-state index is 9.69. The fraction of sp³-hybridized carbons (Fsp3) is 0.700. The van der Waals surface area contributed by atoms with Crippen molar-refractivity contribution < 1.29 is 5.11 Å². The molecule has 0 amide bonds. The fourth-order valence-corrected chi connectivity index (χ4v) is 2.00. The molecule has 4 heteroatoms. The molecule has 0 aliphatic rings. The van der Waals surface area contributed by atoms with Crippen LogP contribution in [-0.4, -0.2) is 33.7 Å². The van der Waals surface area contributed by atoms with E-state index in [0.717, 1.165) is 13.1 Å². The van der Waals surface area contributed by atoms with E-state index in [4.69, 9.17) is 0 Å². The molecule has 3 nitrogen and oxygen atoms in total. The van der Waals surface area contributed by atoms with Crippen LogP contribution in [0, 0.1) is 0 Å². The minimum absolute atomic E-state index is 0.624. The van der Waals surface area contributed by atoms with Gasteiger partial charge in [0.25, 0.3) is 0 Å². The van der Waals surface area contributed by atoms with Gasteiger partial charge < -0.3 is 5.11 Å². The van der Waals surface area contributed by atoms with Gasteiger partial charge in [-0.15, -0.1) is 11.3 Å². The lowest BCUT2D eigenvalue weighted by Gasteiger charge is -2.27. The molecule has 0 aromatic carbocycles. The number of nitrogens with zero attached hydrogens (tertiary/aromatic N) is 2. The number of rotatable bonds is 5. The summed E-state index contributed by atoms with van der Waals surface area (Å²) in [5, 5.41) is 9.69. The summed E-state index contributed by atoms with van der Waals surface area (Å²) in [6.45, 7) is 8.30. The summed E-state index contributed by atoms with van der Waals surface area (Å²) < 4.78 is 0. The maximum Gasteiger partial charge on any atom is 0.0794 e. The second kappa shape index (κ2) is 4.87. The Hall–Kier alpha value is -0.450. The molecule has 0 bridgehead atoms. The van der Waals surface area contributed by atoms with Gasteiger partial charge in [-0.3, -0.25) is 9.88 Å². The van der Waals surface area contributed by atoms with Gasteiger partial charge in [0.15, 0.2) is 0 Å². The second-order valence-corrected chi connectivity index (χ2v) is 5.05. The smallest absolute Gasteiger partial charge is 0.0794 e. The van der Waals surface area contributed by atoms with Crippen LogP contribution in [0.3, 0.4) is 0 Å². The van der Waals surface area contributed by atoms with Crippen molar-refractivity contribution in [3.8, 4) is 0 Å². The highest BCUT2D eigenvalue weighted by molar-refractivity contribution is 7.09. The first-order chi connectivity index (χ1) is 6.51. The highest BCUT2D eigenvalue weighted by Gasteiger charge is 2.17. The summed E-state index contributed by atoms with van der Waals surface area (Å²) in [5.74, 6) is 0. The minimum Gasteiger partial charge on any atom is -0.389 e. The molecular formula is C10H18N2OS. The molecule has 0 saturated carbocycles. The average molecular weight is 214 g/mol. The Morgan fingerprint density at radius 1 is 1.57 bits per heavy atom. The highest BCUT2D eigenvalue weighted by Crippen LogP contribution is 2.12. The summed E-state index contributed by atoms with van der Waals surface area (Å²) in [4.78, 5) is 7.50. The van der Waals surface area contributed by atoms with E-state index in [1.165, 1.54) is 4.88 Å². The Labute approximate surface area is 89.4 Å². The standard InChI is InChI=1S/C10H18N2OS/c1-4-12(7-10(2,3)13)6-9-5-11-8-14-9/h5,8,13H,4,6-7H2,1-3H3. The molecule has 0 aliphatic carbocycles. The summed E-state index contributed by atoms with van der Waals surface area (Å²) in [7, 11) is 0. The summed E-state index contributed by atoms with van der Waals surface area (Å²) in [5.41, 5.74) is 1.22. The van der Waals surface area contributed by atoms with Crippen LogP contribution in [0.5, 0.6) is 0 Å². The molecule has 1 rings (SSSR count). The number of hydrogen-bond acceptors (Lipinski definition) is 4. The lowest BCUT2D eigenvalue weighted by Crippen LogP contribution is -2.37. The highest BCUT2D eigenvalue weighted by atomic mass is 32.1. The van der Waals surface area contributed by atoms with Gasteiger partial charge in [0.1, 0.15) is 0 Å². The molecule has 0 unspecified atom stereocenters. The molecule has 1 heterocycles. The third-order valence-electron chi connectivity index (χ3n) is 1.92. The van der Waals surface area contributed by atoms with Crippen LogP contribution in [-0.2, 0) is 6.54 Å². The second-order valence-electron chi connectivity index (χ2n) is 4.08. The Morgan fingerprint density at radius 3 is 2.71 bits per heavy atom. The fourth-order valence-electron chi connectivity index (χ4n) is 1.37. The molecule has 0 radical (unpaired) electrons. The van der Waals surface area contributed by atoms with E-state index < -0.39 is 5.60 Å². The number of aliphatic hydroxyl groups is 1. The van der Waals surface area contributed by atoms with E-state index in [-0.39, 0.29) is 0 Å². The normalized spacial score (nSPS) is 12.4. The van der Waals surface area contributed by atoms with E-state index in [9.17, 15) is 5.11 Å². The molecule has 0 spiro atoms. The third kappa shape index (κ3) is 4.17. The van der Waals surface area contributed by atoms with Crippen molar-refractivity contribution in [2.24, 2.45) is 0 Å². The van der Waals surface area contributed by atoms with Crippen molar-refractivity contribution in [3.63, 3.8) is 0 Å². The first kappa shape index (κ1) is 11.6. The molecule has 1 aromatic rings. The van der Waals surface area contributed by atoms with E-state index >= 15 is 0 Å². The van der Waals surface area contributed by atoms with E-state index in [1.807, 2.05) is 25.6 Å². The Balaban J connectivity index is 2.47. The number of likely N-dealkylation sites (N-methyl/N-ethyl adjacent to an activating group) is 1. The van der Waals surface area contributed by atoms with Gasteiger partial charge in [-0.25, -0.2) is 0 Å². The molecule has 80 valence electrons. The predicted octanol–water partition coefficient (Wildman–Crippen LogP) is 1.74. The zero-order chi connectivity index (χ0) is 10.6. The van der Waals surface area contributed by atoms with E-state index in [1.54, 1.807) is 11.3 Å². The minimum atomic E-state index is -0.624. The lowest BCUT2D eigenvalue weighted by atomic mass is 10.1. The van der Waals surface area contributed by atoms with Gasteiger partial charge in [0.2, 0.25) is 0 Å². The topological polar surface area (TPSA) is 36.4 Å². The van der Waals surface area contributed by atoms with Gasteiger partial charge in [0.05, 0.1) is 11.1 Å². The van der Waals surface area contributed by atoms with Gasteiger partial charge in [-0.05, 0) is 20.4 Å². The van der Waals surface area contributed by atoms with Gasteiger partial charge in [-0.2, -0.15) is 0 Å². The van der Waals surface area contributed by atoms with Crippen LogP contribution in [0.4, 0.5) is 0 Å². The number of thiazole rings is 1. The summed E-state index contributed by atoms with van der Waals surface area (Å²) in [6, 6.07) is 0. The molecule has 0 atom stereocenters. The van der Waals surface area contributed by atoms with Crippen molar-refractivity contribution in [2.75, 3.05) is 13.1 Å².